The third-order valence-corrected chi connectivity index (χ3v) is 4.16. The molecule has 0 spiro atoms. The lowest BCUT2D eigenvalue weighted by atomic mass is 10.2. The highest BCUT2D eigenvalue weighted by atomic mass is 32.1. The molecule has 1 amide bonds. The Balaban J connectivity index is 1.68. The molecule has 6 nitrogen and oxygen atoms in total. The lowest BCUT2D eigenvalue weighted by Crippen LogP contribution is -2.22. The topological polar surface area (TPSA) is 72.7 Å². The Morgan fingerprint density at radius 1 is 1.27 bits per heavy atom. The fourth-order valence-electron chi connectivity index (χ4n) is 1.97. The number of carbonyl (C=O) groups is 1. The van der Waals surface area contributed by atoms with E-state index in [2.05, 4.69) is 20.6 Å². The van der Waals surface area contributed by atoms with Crippen LogP contribution in [0.3, 0.4) is 0 Å². The van der Waals surface area contributed by atoms with Crippen molar-refractivity contribution in [2.75, 3.05) is 0 Å². The molecule has 0 aliphatic heterocycles. The summed E-state index contributed by atoms with van der Waals surface area (Å²) in [6, 6.07) is 9.17. The van der Waals surface area contributed by atoms with E-state index in [1.807, 2.05) is 31.3 Å². The molecule has 3 rings (SSSR count). The number of rotatable bonds is 5. The molecule has 0 fully saturated rings. The zero-order valence-electron chi connectivity index (χ0n) is 12.1. The first kappa shape index (κ1) is 14.4. The van der Waals surface area contributed by atoms with Gasteiger partial charge < -0.3 is 5.32 Å². The number of hydrogen-bond donors (Lipinski definition) is 1. The molecule has 1 N–H and O–H groups in total. The van der Waals surface area contributed by atoms with Crippen LogP contribution in [-0.4, -0.2) is 25.9 Å². The average Bonchev–Trinajstić information content (AvgIpc) is 3.24. The van der Waals surface area contributed by atoms with Gasteiger partial charge in [-0.3, -0.25) is 4.79 Å². The standard InChI is InChI=1S/C15H15N5OS/c1-2-13-18-19-14(22-13)10-16-15(21)11-5-3-6-12(9-11)20-8-4-7-17-20/h3-9H,2,10H2,1H3,(H,16,21). The van der Waals surface area contributed by atoms with Crippen LogP contribution in [0, 0.1) is 0 Å². The van der Waals surface area contributed by atoms with Gasteiger partial charge in [0.15, 0.2) is 0 Å². The minimum Gasteiger partial charge on any atom is -0.345 e. The molecule has 2 aromatic heterocycles. The maximum atomic E-state index is 12.2. The minimum atomic E-state index is -0.137. The monoisotopic (exact) mass is 313 g/mol. The van der Waals surface area contributed by atoms with Gasteiger partial charge in [-0.25, -0.2) is 4.68 Å². The van der Waals surface area contributed by atoms with Gasteiger partial charge in [-0.1, -0.05) is 24.3 Å². The van der Waals surface area contributed by atoms with Crippen LogP contribution in [-0.2, 0) is 13.0 Å². The Bertz CT molecular complexity index is 766. The highest BCUT2D eigenvalue weighted by Crippen LogP contribution is 2.12. The number of nitrogens with zero attached hydrogens (tertiary/aromatic N) is 4. The third-order valence-electron chi connectivity index (χ3n) is 3.09. The number of benzene rings is 1. The van der Waals surface area contributed by atoms with E-state index in [-0.39, 0.29) is 5.91 Å². The van der Waals surface area contributed by atoms with Gasteiger partial charge in [-0.05, 0) is 30.7 Å². The van der Waals surface area contributed by atoms with Crippen LogP contribution in [0.5, 0.6) is 0 Å². The number of carbonyl (C=O) groups excluding carboxylic acids is 1. The smallest absolute Gasteiger partial charge is 0.251 e. The Morgan fingerprint density at radius 3 is 2.86 bits per heavy atom. The molecule has 0 atom stereocenters. The summed E-state index contributed by atoms with van der Waals surface area (Å²) in [5.74, 6) is -0.137. The predicted molar refractivity (Wildman–Crippen MR) is 84.0 cm³/mol. The van der Waals surface area contributed by atoms with Crippen molar-refractivity contribution >= 4 is 17.2 Å². The number of aromatic nitrogens is 4. The summed E-state index contributed by atoms with van der Waals surface area (Å²) in [4.78, 5) is 12.2. The first-order chi connectivity index (χ1) is 10.8. The fraction of sp³-hybridized carbons (Fsp3) is 0.200. The van der Waals surface area contributed by atoms with E-state index >= 15 is 0 Å². The maximum absolute atomic E-state index is 12.2. The molecule has 22 heavy (non-hydrogen) atoms. The molecular weight excluding hydrogens is 298 g/mol. The molecule has 0 aliphatic carbocycles. The van der Waals surface area contributed by atoms with Crippen molar-refractivity contribution in [2.24, 2.45) is 0 Å². The lowest BCUT2D eigenvalue weighted by molar-refractivity contribution is 0.0951. The minimum absolute atomic E-state index is 0.137. The van der Waals surface area contributed by atoms with Gasteiger partial charge in [0, 0.05) is 18.0 Å². The first-order valence-electron chi connectivity index (χ1n) is 6.96. The van der Waals surface area contributed by atoms with E-state index in [1.54, 1.807) is 23.0 Å². The molecule has 0 bridgehead atoms. The van der Waals surface area contributed by atoms with Crippen LogP contribution in [0.2, 0.25) is 0 Å². The van der Waals surface area contributed by atoms with Crippen LogP contribution in [0.1, 0.15) is 27.3 Å². The summed E-state index contributed by atoms with van der Waals surface area (Å²) < 4.78 is 1.72. The summed E-state index contributed by atoms with van der Waals surface area (Å²) in [5.41, 5.74) is 1.44. The van der Waals surface area contributed by atoms with E-state index < -0.39 is 0 Å². The van der Waals surface area contributed by atoms with Crippen molar-refractivity contribution < 1.29 is 4.79 Å². The van der Waals surface area contributed by atoms with Gasteiger partial charge >= 0.3 is 0 Å². The van der Waals surface area contributed by atoms with E-state index in [1.165, 1.54) is 11.3 Å². The van der Waals surface area contributed by atoms with Gasteiger partial charge in [0.2, 0.25) is 0 Å². The molecular formula is C15H15N5OS. The molecule has 0 saturated heterocycles. The van der Waals surface area contributed by atoms with Crippen LogP contribution in [0.15, 0.2) is 42.7 Å². The van der Waals surface area contributed by atoms with Crippen LogP contribution < -0.4 is 5.32 Å². The van der Waals surface area contributed by atoms with Crippen molar-refractivity contribution in [3.8, 4) is 5.69 Å². The molecule has 1 aromatic carbocycles. The van der Waals surface area contributed by atoms with Crippen LogP contribution >= 0.6 is 11.3 Å². The van der Waals surface area contributed by atoms with E-state index in [0.29, 0.717) is 12.1 Å². The maximum Gasteiger partial charge on any atom is 0.251 e. The van der Waals surface area contributed by atoms with Gasteiger partial charge in [-0.2, -0.15) is 5.10 Å². The zero-order valence-corrected chi connectivity index (χ0v) is 12.9. The quantitative estimate of drug-likeness (QED) is 0.784. The Labute approximate surface area is 131 Å². The number of nitrogens with one attached hydrogen (secondary N) is 1. The first-order valence-corrected chi connectivity index (χ1v) is 7.77. The highest BCUT2D eigenvalue weighted by Gasteiger charge is 2.09. The summed E-state index contributed by atoms with van der Waals surface area (Å²) >= 11 is 1.52. The highest BCUT2D eigenvalue weighted by molar-refractivity contribution is 7.11. The molecule has 0 aliphatic rings. The molecule has 7 heteroatoms. The molecule has 3 aromatic rings. The Morgan fingerprint density at radius 2 is 2.14 bits per heavy atom. The van der Waals surface area contributed by atoms with Crippen molar-refractivity contribution in [1.82, 2.24) is 25.3 Å². The van der Waals surface area contributed by atoms with Crippen LogP contribution in [0.25, 0.3) is 5.69 Å². The Hall–Kier alpha value is -2.54. The van der Waals surface area contributed by atoms with Crippen molar-refractivity contribution in [3.05, 3.63) is 58.3 Å². The zero-order chi connectivity index (χ0) is 15.4. The predicted octanol–water partition coefficient (Wildman–Crippen LogP) is 2.22. The summed E-state index contributed by atoms with van der Waals surface area (Å²) in [6.07, 6.45) is 4.40. The van der Waals surface area contributed by atoms with Gasteiger partial charge in [0.1, 0.15) is 10.0 Å². The summed E-state index contributed by atoms with van der Waals surface area (Å²) in [6.45, 7) is 2.42. The van der Waals surface area contributed by atoms with Crippen LogP contribution in [0.4, 0.5) is 0 Å². The second-order valence-corrected chi connectivity index (χ2v) is 5.77. The third kappa shape index (κ3) is 3.20. The summed E-state index contributed by atoms with van der Waals surface area (Å²) in [7, 11) is 0. The average molecular weight is 313 g/mol. The van der Waals surface area contributed by atoms with Crippen molar-refractivity contribution in [1.29, 1.82) is 0 Å². The van der Waals surface area contributed by atoms with Gasteiger partial charge in [0.05, 0.1) is 12.2 Å². The molecule has 2 heterocycles. The van der Waals surface area contributed by atoms with Crippen molar-refractivity contribution in [2.45, 2.75) is 19.9 Å². The molecule has 0 radical (unpaired) electrons. The van der Waals surface area contributed by atoms with E-state index in [9.17, 15) is 4.79 Å². The van der Waals surface area contributed by atoms with E-state index in [0.717, 1.165) is 22.1 Å². The summed E-state index contributed by atoms with van der Waals surface area (Å²) in [5, 5.41) is 16.9. The SMILES string of the molecule is CCc1nnc(CNC(=O)c2cccc(-n3cccn3)c2)s1. The van der Waals surface area contributed by atoms with Gasteiger partial charge in [-0.15, -0.1) is 10.2 Å². The Kier molecular flexibility index (Phi) is 4.24. The number of aryl methyl sites for hydroxylation is 1. The second kappa shape index (κ2) is 6.48. The molecule has 0 saturated carbocycles. The lowest BCUT2D eigenvalue weighted by Gasteiger charge is -2.06. The van der Waals surface area contributed by atoms with Crippen molar-refractivity contribution in [3.63, 3.8) is 0 Å². The largest absolute Gasteiger partial charge is 0.345 e. The normalized spacial score (nSPS) is 10.6. The number of amides is 1. The molecule has 0 unspecified atom stereocenters. The fourth-order valence-corrected chi connectivity index (χ4v) is 2.70. The van der Waals surface area contributed by atoms with Gasteiger partial charge in [0.25, 0.3) is 5.91 Å². The second-order valence-electron chi connectivity index (χ2n) is 4.63. The molecule has 112 valence electrons. The van der Waals surface area contributed by atoms with E-state index in [4.69, 9.17) is 0 Å². The number of hydrogen-bond acceptors (Lipinski definition) is 5.